The summed E-state index contributed by atoms with van der Waals surface area (Å²) in [5.74, 6) is -1.13. The van der Waals surface area contributed by atoms with Gasteiger partial charge in [0.2, 0.25) is 5.91 Å². The molecule has 0 bridgehead atoms. The number of hydrogen-bond acceptors (Lipinski definition) is 3. The van der Waals surface area contributed by atoms with Gasteiger partial charge in [0.15, 0.2) is 0 Å². The van der Waals surface area contributed by atoms with E-state index in [1.165, 1.54) is 6.07 Å². The highest BCUT2D eigenvalue weighted by Crippen LogP contribution is 2.31. The molecule has 1 saturated heterocycles. The number of aryl methyl sites for hydroxylation is 2. The lowest BCUT2D eigenvalue weighted by Gasteiger charge is -2.25. The largest absolute Gasteiger partial charge is 0.346 e. The molecule has 7 heteroatoms. The summed E-state index contributed by atoms with van der Waals surface area (Å²) < 4.78 is 15.8. The third-order valence-corrected chi connectivity index (χ3v) is 4.50. The van der Waals surface area contributed by atoms with Crippen LogP contribution in [0.15, 0.2) is 30.5 Å². The van der Waals surface area contributed by atoms with Gasteiger partial charge in [0.1, 0.15) is 5.82 Å². The fourth-order valence-electron chi connectivity index (χ4n) is 3.15. The Morgan fingerprint density at radius 3 is 2.75 bits per heavy atom. The molecule has 2 amide bonds. The van der Waals surface area contributed by atoms with Gasteiger partial charge >= 0.3 is 0 Å². The second-order valence-electron chi connectivity index (χ2n) is 6.05. The molecule has 1 aliphatic heterocycles. The van der Waals surface area contributed by atoms with Gasteiger partial charge in [-0.05, 0) is 24.6 Å². The summed E-state index contributed by atoms with van der Waals surface area (Å²) in [6.07, 6.45) is 1.82. The summed E-state index contributed by atoms with van der Waals surface area (Å²) in [5.41, 5.74) is 1.21. The van der Waals surface area contributed by atoms with Crippen molar-refractivity contribution in [3.05, 3.63) is 53.1 Å². The van der Waals surface area contributed by atoms with Crippen molar-refractivity contribution in [2.75, 3.05) is 7.05 Å². The van der Waals surface area contributed by atoms with Crippen molar-refractivity contribution in [2.24, 2.45) is 7.05 Å². The average Bonchev–Trinajstić information content (AvgIpc) is 3.06. The van der Waals surface area contributed by atoms with Crippen LogP contribution in [0.4, 0.5) is 4.39 Å². The lowest BCUT2D eigenvalue weighted by Crippen LogP contribution is -2.40. The van der Waals surface area contributed by atoms with E-state index in [9.17, 15) is 14.0 Å². The van der Waals surface area contributed by atoms with Crippen LogP contribution in [0.1, 0.15) is 34.1 Å². The fraction of sp³-hybridized carbons (Fsp3) is 0.353. The van der Waals surface area contributed by atoms with Gasteiger partial charge < -0.3 is 10.2 Å². The normalized spacial score (nSPS) is 20.5. The highest BCUT2D eigenvalue weighted by atomic mass is 19.1. The van der Waals surface area contributed by atoms with E-state index in [1.54, 1.807) is 48.9 Å². The van der Waals surface area contributed by atoms with Gasteiger partial charge in [-0.25, -0.2) is 4.39 Å². The Bertz CT molecular complexity index is 802. The van der Waals surface area contributed by atoms with Crippen molar-refractivity contribution in [1.29, 1.82) is 0 Å². The number of carbonyl (C=O) groups excluding carboxylic acids is 2. The van der Waals surface area contributed by atoms with E-state index in [4.69, 9.17) is 0 Å². The molecule has 3 rings (SSSR count). The summed E-state index contributed by atoms with van der Waals surface area (Å²) in [7, 11) is 3.48. The van der Waals surface area contributed by atoms with Gasteiger partial charge in [0, 0.05) is 26.7 Å². The predicted octanol–water partition coefficient (Wildman–Crippen LogP) is 1.57. The van der Waals surface area contributed by atoms with Crippen molar-refractivity contribution >= 4 is 11.8 Å². The Labute approximate surface area is 139 Å². The molecule has 2 aromatic rings. The van der Waals surface area contributed by atoms with Crippen molar-refractivity contribution in [3.8, 4) is 0 Å². The molecular weight excluding hydrogens is 311 g/mol. The van der Waals surface area contributed by atoms with E-state index in [0.29, 0.717) is 5.56 Å². The number of hydrogen-bond donors (Lipinski definition) is 1. The highest BCUT2D eigenvalue weighted by molar-refractivity contribution is 5.95. The maximum Gasteiger partial charge on any atom is 0.254 e. The van der Waals surface area contributed by atoms with Gasteiger partial charge in [-0.2, -0.15) is 5.10 Å². The summed E-state index contributed by atoms with van der Waals surface area (Å²) in [5, 5.41) is 6.93. The van der Waals surface area contributed by atoms with Crippen LogP contribution in [0.2, 0.25) is 0 Å². The van der Waals surface area contributed by atoms with Crippen molar-refractivity contribution in [2.45, 2.75) is 25.4 Å². The molecule has 1 aromatic heterocycles. The topological polar surface area (TPSA) is 67.2 Å². The standard InChI is InChI=1S/C17H19FN4O2/c1-10-5-4-6-11(15(10)18)17(24)20-12-9-14(23)21(2)16(12)13-7-8-19-22(13)3/h4-8,12,16H,9H2,1-3H3,(H,20,24)/t12-,16-/m1/s1. The molecule has 2 heterocycles. The van der Waals surface area contributed by atoms with Gasteiger partial charge in [-0.1, -0.05) is 12.1 Å². The molecule has 126 valence electrons. The van der Waals surface area contributed by atoms with E-state index in [1.807, 2.05) is 6.07 Å². The van der Waals surface area contributed by atoms with Gasteiger partial charge in [-0.15, -0.1) is 0 Å². The first-order chi connectivity index (χ1) is 11.4. The lowest BCUT2D eigenvalue weighted by atomic mass is 10.0. The van der Waals surface area contributed by atoms with Crippen LogP contribution in [0.5, 0.6) is 0 Å². The number of rotatable bonds is 3. The first kappa shape index (κ1) is 16.2. The quantitative estimate of drug-likeness (QED) is 0.929. The maximum atomic E-state index is 14.2. The molecule has 0 radical (unpaired) electrons. The Balaban J connectivity index is 1.88. The van der Waals surface area contributed by atoms with E-state index in [0.717, 1.165) is 5.69 Å². The highest BCUT2D eigenvalue weighted by Gasteiger charge is 2.41. The number of carbonyl (C=O) groups is 2. The molecule has 0 unspecified atom stereocenters. The first-order valence-corrected chi connectivity index (χ1v) is 7.69. The molecular formula is C17H19FN4O2. The molecule has 2 atom stereocenters. The van der Waals surface area contributed by atoms with Gasteiger partial charge in [0.05, 0.1) is 23.3 Å². The molecule has 0 saturated carbocycles. The predicted molar refractivity (Wildman–Crippen MR) is 85.7 cm³/mol. The third-order valence-electron chi connectivity index (χ3n) is 4.50. The summed E-state index contributed by atoms with van der Waals surface area (Å²) >= 11 is 0. The maximum absolute atomic E-state index is 14.2. The van der Waals surface area contributed by atoms with E-state index >= 15 is 0 Å². The smallest absolute Gasteiger partial charge is 0.254 e. The monoisotopic (exact) mass is 330 g/mol. The Morgan fingerprint density at radius 2 is 2.08 bits per heavy atom. The first-order valence-electron chi connectivity index (χ1n) is 7.69. The van der Waals surface area contributed by atoms with E-state index in [2.05, 4.69) is 10.4 Å². The zero-order chi connectivity index (χ0) is 17.4. The molecule has 24 heavy (non-hydrogen) atoms. The number of likely N-dealkylation sites (N-methyl/N-ethyl adjacent to an activating group) is 1. The second-order valence-corrected chi connectivity index (χ2v) is 6.05. The second kappa shape index (κ2) is 6.07. The van der Waals surface area contributed by atoms with Crippen LogP contribution in [-0.4, -0.2) is 39.6 Å². The fourth-order valence-corrected chi connectivity index (χ4v) is 3.15. The van der Waals surface area contributed by atoms with Crippen molar-refractivity contribution < 1.29 is 14.0 Å². The van der Waals surface area contributed by atoms with Gasteiger partial charge in [-0.3, -0.25) is 14.3 Å². The minimum atomic E-state index is -0.537. The number of likely N-dealkylation sites (tertiary alicyclic amines) is 1. The number of halogens is 1. The zero-order valence-electron chi connectivity index (χ0n) is 13.8. The summed E-state index contributed by atoms with van der Waals surface area (Å²) in [6, 6.07) is 5.73. The lowest BCUT2D eigenvalue weighted by molar-refractivity contribution is -0.127. The van der Waals surface area contributed by atoms with Crippen LogP contribution in [-0.2, 0) is 11.8 Å². The average molecular weight is 330 g/mol. The van der Waals surface area contributed by atoms with Crippen LogP contribution in [0.25, 0.3) is 0 Å². The zero-order valence-corrected chi connectivity index (χ0v) is 13.8. The Morgan fingerprint density at radius 1 is 1.33 bits per heavy atom. The number of benzene rings is 1. The number of aromatic nitrogens is 2. The van der Waals surface area contributed by atoms with E-state index in [-0.39, 0.29) is 23.9 Å². The summed E-state index contributed by atoms with van der Waals surface area (Å²) in [4.78, 5) is 26.2. The Kier molecular flexibility index (Phi) is 4.09. The Hall–Kier alpha value is -2.70. The van der Waals surface area contributed by atoms with E-state index < -0.39 is 17.8 Å². The van der Waals surface area contributed by atoms with Crippen LogP contribution in [0, 0.1) is 12.7 Å². The van der Waals surface area contributed by atoms with Crippen molar-refractivity contribution in [1.82, 2.24) is 20.0 Å². The minimum Gasteiger partial charge on any atom is -0.346 e. The molecule has 0 spiro atoms. The molecule has 6 nitrogen and oxygen atoms in total. The molecule has 1 aromatic carbocycles. The minimum absolute atomic E-state index is 0.0132. The third kappa shape index (κ3) is 2.66. The van der Waals surface area contributed by atoms with Gasteiger partial charge in [0.25, 0.3) is 5.91 Å². The molecule has 1 fully saturated rings. The van der Waals surface area contributed by atoms with Crippen LogP contribution < -0.4 is 5.32 Å². The van der Waals surface area contributed by atoms with Crippen LogP contribution >= 0.6 is 0 Å². The number of nitrogens with one attached hydrogen (secondary N) is 1. The number of amides is 2. The molecule has 0 aliphatic carbocycles. The van der Waals surface area contributed by atoms with Crippen LogP contribution in [0.3, 0.4) is 0 Å². The SMILES string of the molecule is Cc1cccc(C(=O)N[C@@H]2CC(=O)N(C)[C@H]2c2ccnn2C)c1F. The summed E-state index contributed by atoms with van der Waals surface area (Å²) in [6.45, 7) is 1.61. The molecule has 1 aliphatic rings. The molecule has 1 N–H and O–H groups in total. The number of nitrogens with zero attached hydrogens (tertiary/aromatic N) is 3. The van der Waals surface area contributed by atoms with Crippen molar-refractivity contribution in [3.63, 3.8) is 0 Å².